The van der Waals surface area contributed by atoms with Crippen molar-refractivity contribution in [2.75, 3.05) is 19.8 Å². The van der Waals surface area contributed by atoms with Crippen LogP contribution in [0.15, 0.2) is 22.8 Å². The lowest BCUT2D eigenvalue weighted by atomic mass is 10.0. The Labute approximate surface area is 133 Å². The van der Waals surface area contributed by atoms with Crippen molar-refractivity contribution in [2.45, 2.75) is 26.3 Å². The molecule has 0 unspecified atom stereocenters. The van der Waals surface area contributed by atoms with Gasteiger partial charge in [-0.05, 0) is 37.1 Å². The number of amides is 1. The van der Waals surface area contributed by atoms with Gasteiger partial charge in [0.25, 0.3) is 0 Å². The summed E-state index contributed by atoms with van der Waals surface area (Å²) in [6.07, 6.45) is 1.71. The number of aryl methyl sites for hydroxylation is 2. The predicted octanol–water partition coefficient (Wildman–Crippen LogP) is 1.90. The third-order valence-corrected chi connectivity index (χ3v) is 4.35. The van der Waals surface area contributed by atoms with Crippen molar-refractivity contribution < 1.29 is 23.8 Å². The van der Waals surface area contributed by atoms with E-state index in [1.165, 1.54) is 4.90 Å². The monoisotopic (exact) mass is 317 g/mol. The van der Waals surface area contributed by atoms with E-state index in [-0.39, 0.29) is 18.9 Å². The molecule has 2 aromatic rings. The van der Waals surface area contributed by atoms with E-state index in [1.807, 2.05) is 26.0 Å². The first kappa shape index (κ1) is 15.6. The minimum Gasteiger partial charge on any atom is -0.480 e. The fraction of sp³-hybridized carbons (Fsp3) is 0.412. The molecule has 1 aliphatic rings. The van der Waals surface area contributed by atoms with Crippen LogP contribution in [0.3, 0.4) is 0 Å². The van der Waals surface area contributed by atoms with Crippen molar-refractivity contribution in [1.29, 1.82) is 0 Å². The van der Waals surface area contributed by atoms with E-state index in [4.69, 9.17) is 9.15 Å². The summed E-state index contributed by atoms with van der Waals surface area (Å²) in [7, 11) is 0. The molecule has 1 aliphatic heterocycles. The molecule has 3 rings (SSSR count). The van der Waals surface area contributed by atoms with Crippen LogP contribution in [0.4, 0.5) is 0 Å². The number of carbonyl (C=O) groups is 2. The molecule has 1 aromatic carbocycles. The van der Waals surface area contributed by atoms with Crippen LogP contribution in [0.1, 0.15) is 16.7 Å². The number of nitrogens with zero attached hydrogens (tertiary/aromatic N) is 1. The summed E-state index contributed by atoms with van der Waals surface area (Å²) in [5.74, 6) is -1.26. The van der Waals surface area contributed by atoms with Crippen LogP contribution in [0.25, 0.3) is 11.0 Å². The van der Waals surface area contributed by atoms with Gasteiger partial charge in [-0.2, -0.15) is 0 Å². The lowest BCUT2D eigenvalue weighted by Crippen LogP contribution is -2.53. The fourth-order valence-electron chi connectivity index (χ4n) is 2.84. The largest absolute Gasteiger partial charge is 0.480 e. The second-order valence-corrected chi connectivity index (χ2v) is 5.89. The number of carboxylic acid groups (broad SMARTS) is 1. The van der Waals surface area contributed by atoms with Gasteiger partial charge in [0.15, 0.2) is 6.04 Å². The smallest absolute Gasteiger partial charge is 0.328 e. The first-order chi connectivity index (χ1) is 11.0. The molecule has 1 aromatic heterocycles. The Bertz CT molecular complexity index is 764. The van der Waals surface area contributed by atoms with E-state index in [9.17, 15) is 14.7 Å². The van der Waals surface area contributed by atoms with Gasteiger partial charge in [-0.3, -0.25) is 4.79 Å². The van der Waals surface area contributed by atoms with Crippen molar-refractivity contribution in [2.24, 2.45) is 0 Å². The van der Waals surface area contributed by atoms with E-state index >= 15 is 0 Å². The third-order valence-electron chi connectivity index (χ3n) is 4.35. The van der Waals surface area contributed by atoms with Gasteiger partial charge in [-0.25, -0.2) is 4.79 Å². The number of carbonyl (C=O) groups excluding carboxylic acids is 1. The quantitative estimate of drug-likeness (QED) is 0.935. The van der Waals surface area contributed by atoms with Crippen LogP contribution in [0.5, 0.6) is 0 Å². The highest BCUT2D eigenvalue weighted by Gasteiger charge is 2.32. The summed E-state index contributed by atoms with van der Waals surface area (Å²) in [6, 6.07) is 3.04. The number of morpholine rings is 1. The summed E-state index contributed by atoms with van der Waals surface area (Å²) < 4.78 is 10.7. The number of ether oxygens (including phenoxy) is 1. The topological polar surface area (TPSA) is 80.0 Å². The van der Waals surface area contributed by atoms with Crippen molar-refractivity contribution >= 4 is 22.8 Å². The van der Waals surface area contributed by atoms with Gasteiger partial charge in [0.2, 0.25) is 5.91 Å². The van der Waals surface area contributed by atoms with Gasteiger partial charge in [0.05, 0.1) is 25.9 Å². The molecular formula is C17H19NO5. The number of hydrogen-bond acceptors (Lipinski definition) is 4. The molecule has 1 N–H and O–H groups in total. The zero-order valence-corrected chi connectivity index (χ0v) is 13.2. The Morgan fingerprint density at radius 1 is 1.30 bits per heavy atom. The highest BCUT2D eigenvalue weighted by molar-refractivity contribution is 5.90. The molecule has 23 heavy (non-hydrogen) atoms. The Balaban J connectivity index is 1.85. The SMILES string of the molecule is Cc1cc2occ(CC(=O)N3CCOC[C@@H]3C(=O)O)c2cc1C. The van der Waals surface area contributed by atoms with Crippen molar-refractivity contribution in [3.8, 4) is 0 Å². The number of carboxylic acids is 1. The molecule has 122 valence electrons. The summed E-state index contributed by atoms with van der Waals surface area (Å²) >= 11 is 0. The normalized spacial score (nSPS) is 18.3. The zero-order chi connectivity index (χ0) is 16.6. The Hall–Kier alpha value is -2.34. The first-order valence-corrected chi connectivity index (χ1v) is 7.54. The molecule has 0 aliphatic carbocycles. The van der Waals surface area contributed by atoms with E-state index in [0.29, 0.717) is 13.2 Å². The molecular weight excluding hydrogens is 298 g/mol. The van der Waals surface area contributed by atoms with Crippen LogP contribution in [-0.2, 0) is 20.7 Å². The van der Waals surface area contributed by atoms with E-state index in [1.54, 1.807) is 6.26 Å². The van der Waals surface area contributed by atoms with Crippen LogP contribution < -0.4 is 0 Å². The molecule has 6 nitrogen and oxygen atoms in total. The predicted molar refractivity (Wildman–Crippen MR) is 83.3 cm³/mol. The number of benzene rings is 1. The molecule has 1 atom stereocenters. The average molecular weight is 317 g/mol. The number of rotatable bonds is 3. The van der Waals surface area contributed by atoms with Crippen LogP contribution in [0, 0.1) is 13.8 Å². The average Bonchev–Trinajstić information content (AvgIpc) is 2.89. The van der Waals surface area contributed by atoms with Crippen molar-refractivity contribution in [1.82, 2.24) is 4.90 Å². The maximum Gasteiger partial charge on any atom is 0.328 e. The molecule has 1 saturated heterocycles. The van der Waals surface area contributed by atoms with Crippen LogP contribution >= 0.6 is 0 Å². The highest BCUT2D eigenvalue weighted by atomic mass is 16.5. The number of aliphatic carboxylic acids is 1. The summed E-state index contributed by atoms with van der Waals surface area (Å²) in [6.45, 7) is 4.71. The fourth-order valence-corrected chi connectivity index (χ4v) is 2.84. The standard InChI is InChI=1S/C17H19NO5/c1-10-5-13-12(8-23-15(13)6-11(10)2)7-16(19)18-3-4-22-9-14(18)17(20)21/h5-6,8,14H,3-4,7,9H2,1-2H3,(H,20,21)/t14-/m1/s1. The molecule has 0 saturated carbocycles. The van der Waals surface area contributed by atoms with Crippen molar-refractivity contribution in [3.63, 3.8) is 0 Å². The Kier molecular flexibility index (Phi) is 4.09. The zero-order valence-electron chi connectivity index (χ0n) is 13.2. The Morgan fingerprint density at radius 3 is 2.78 bits per heavy atom. The first-order valence-electron chi connectivity index (χ1n) is 7.54. The highest BCUT2D eigenvalue weighted by Crippen LogP contribution is 2.25. The molecule has 1 fully saturated rings. The van der Waals surface area contributed by atoms with E-state index < -0.39 is 12.0 Å². The van der Waals surface area contributed by atoms with Gasteiger partial charge < -0.3 is 19.2 Å². The third kappa shape index (κ3) is 2.94. The van der Waals surface area contributed by atoms with Gasteiger partial charge in [-0.15, -0.1) is 0 Å². The van der Waals surface area contributed by atoms with Crippen molar-refractivity contribution in [3.05, 3.63) is 35.1 Å². The summed E-state index contributed by atoms with van der Waals surface area (Å²) in [5, 5.41) is 10.1. The lowest BCUT2D eigenvalue weighted by molar-refractivity contribution is -0.157. The minimum atomic E-state index is -1.04. The minimum absolute atomic E-state index is 0.0332. The van der Waals surface area contributed by atoms with Gasteiger partial charge >= 0.3 is 5.97 Å². The second-order valence-electron chi connectivity index (χ2n) is 5.89. The molecule has 0 spiro atoms. The van der Waals surface area contributed by atoms with Gasteiger partial charge in [0, 0.05) is 17.5 Å². The molecule has 1 amide bonds. The number of hydrogen-bond donors (Lipinski definition) is 1. The molecule has 0 radical (unpaired) electrons. The van der Waals surface area contributed by atoms with Gasteiger partial charge in [0.1, 0.15) is 5.58 Å². The molecule has 0 bridgehead atoms. The number of furan rings is 1. The van der Waals surface area contributed by atoms with Crippen LogP contribution in [0.2, 0.25) is 0 Å². The second kappa shape index (κ2) is 6.04. The number of fused-ring (bicyclic) bond motifs is 1. The molecule has 6 heteroatoms. The summed E-state index contributed by atoms with van der Waals surface area (Å²) in [5.41, 5.74) is 3.78. The summed E-state index contributed by atoms with van der Waals surface area (Å²) in [4.78, 5) is 25.2. The molecule has 2 heterocycles. The maximum absolute atomic E-state index is 12.5. The van der Waals surface area contributed by atoms with E-state index in [0.717, 1.165) is 27.7 Å². The Morgan fingerprint density at radius 2 is 2.04 bits per heavy atom. The lowest BCUT2D eigenvalue weighted by Gasteiger charge is -2.32. The van der Waals surface area contributed by atoms with Crippen LogP contribution in [-0.4, -0.2) is 47.7 Å². The van der Waals surface area contributed by atoms with Gasteiger partial charge in [-0.1, -0.05) is 0 Å². The van der Waals surface area contributed by atoms with E-state index in [2.05, 4.69) is 0 Å². The maximum atomic E-state index is 12.5.